The zero-order chi connectivity index (χ0) is 20.0. The van der Waals surface area contributed by atoms with Gasteiger partial charge in [-0.3, -0.25) is 4.79 Å². The SMILES string of the molecule is C[C@H](NCC(=O)Nc1ccc(S(=O)(=O)N2CCCCC2)cc1)c1ccccc1. The van der Waals surface area contributed by atoms with E-state index in [1.807, 2.05) is 37.3 Å². The van der Waals surface area contributed by atoms with Crippen LogP contribution in [-0.4, -0.2) is 38.3 Å². The molecule has 2 N–H and O–H groups in total. The van der Waals surface area contributed by atoms with Crippen LogP contribution in [0.15, 0.2) is 59.5 Å². The van der Waals surface area contributed by atoms with Crippen LogP contribution in [0.4, 0.5) is 5.69 Å². The fraction of sp³-hybridized carbons (Fsp3) is 0.381. The molecule has 0 spiro atoms. The summed E-state index contributed by atoms with van der Waals surface area (Å²) in [6, 6.07) is 16.3. The molecule has 0 unspecified atom stereocenters. The van der Waals surface area contributed by atoms with Gasteiger partial charge in [0, 0.05) is 24.8 Å². The maximum absolute atomic E-state index is 12.7. The number of piperidine rings is 1. The zero-order valence-corrected chi connectivity index (χ0v) is 16.9. The Balaban J connectivity index is 1.54. The third kappa shape index (κ3) is 5.19. The molecule has 1 aliphatic rings. The molecular formula is C21H27N3O3S. The maximum atomic E-state index is 12.7. The highest BCUT2D eigenvalue weighted by atomic mass is 32.2. The van der Waals surface area contributed by atoms with E-state index >= 15 is 0 Å². The van der Waals surface area contributed by atoms with Crippen LogP contribution in [0, 0.1) is 0 Å². The molecule has 0 radical (unpaired) electrons. The second-order valence-electron chi connectivity index (χ2n) is 7.05. The first-order valence-electron chi connectivity index (χ1n) is 9.65. The van der Waals surface area contributed by atoms with Crippen LogP contribution < -0.4 is 10.6 Å². The van der Waals surface area contributed by atoms with Crippen LogP contribution in [-0.2, 0) is 14.8 Å². The number of hydrogen-bond donors (Lipinski definition) is 2. The average molecular weight is 402 g/mol. The van der Waals surface area contributed by atoms with Gasteiger partial charge in [-0.1, -0.05) is 36.8 Å². The van der Waals surface area contributed by atoms with E-state index in [2.05, 4.69) is 10.6 Å². The van der Waals surface area contributed by atoms with Gasteiger partial charge in [0.25, 0.3) is 0 Å². The summed E-state index contributed by atoms with van der Waals surface area (Å²) in [7, 11) is -3.45. The van der Waals surface area contributed by atoms with Crippen LogP contribution in [0.5, 0.6) is 0 Å². The Morgan fingerprint density at radius 3 is 2.29 bits per heavy atom. The number of nitrogens with zero attached hydrogens (tertiary/aromatic N) is 1. The first kappa shape index (κ1) is 20.5. The molecule has 3 rings (SSSR count). The highest BCUT2D eigenvalue weighted by Gasteiger charge is 2.25. The third-order valence-electron chi connectivity index (χ3n) is 4.96. The summed E-state index contributed by atoms with van der Waals surface area (Å²) < 4.78 is 26.9. The molecule has 7 heteroatoms. The van der Waals surface area contributed by atoms with Crippen molar-refractivity contribution in [3.63, 3.8) is 0 Å². The molecule has 0 saturated carbocycles. The summed E-state index contributed by atoms with van der Waals surface area (Å²) in [5, 5.41) is 5.98. The Labute approximate surface area is 167 Å². The van der Waals surface area contributed by atoms with Gasteiger partial charge in [0.2, 0.25) is 15.9 Å². The van der Waals surface area contributed by atoms with Crippen molar-refractivity contribution in [1.29, 1.82) is 0 Å². The first-order valence-corrected chi connectivity index (χ1v) is 11.1. The number of amides is 1. The standard InChI is InChI=1S/C21H27N3O3S/c1-17(18-8-4-2-5-9-18)22-16-21(25)23-19-10-12-20(13-11-19)28(26,27)24-14-6-3-7-15-24/h2,4-5,8-13,17,22H,3,6-7,14-16H2,1H3,(H,23,25)/t17-/m0/s1. The second kappa shape index (κ2) is 9.32. The van der Waals surface area contributed by atoms with Crippen LogP contribution in [0.1, 0.15) is 37.8 Å². The summed E-state index contributed by atoms with van der Waals surface area (Å²) in [4.78, 5) is 12.4. The van der Waals surface area contributed by atoms with Crippen molar-refractivity contribution in [3.8, 4) is 0 Å². The van der Waals surface area contributed by atoms with Crippen molar-refractivity contribution in [3.05, 3.63) is 60.2 Å². The molecule has 1 fully saturated rings. The number of benzene rings is 2. The molecule has 0 aromatic heterocycles. The predicted octanol–water partition coefficient (Wildman–Crippen LogP) is 3.15. The lowest BCUT2D eigenvalue weighted by Gasteiger charge is -2.25. The number of anilines is 1. The van der Waals surface area contributed by atoms with Crippen molar-refractivity contribution >= 4 is 21.6 Å². The Morgan fingerprint density at radius 2 is 1.64 bits per heavy atom. The summed E-state index contributed by atoms with van der Waals surface area (Å²) in [5.41, 5.74) is 1.69. The van der Waals surface area contributed by atoms with E-state index in [0.717, 1.165) is 24.8 Å². The molecule has 1 atom stereocenters. The highest BCUT2D eigenvalue weighted by molar-refractivity contribution is 7.89. The Bertz CT molecular complexity index is 877. The lowest BCUT2D eigenvalue weighted by molar-refractivity contribution is -0.115. The smallest absolute Gasteiger partial charge is 0.243 e. The minimum Gasteiger partial charge on any atom is -0.325 e. The van der Waals surface area contributed by atoms with Crippen molar-refractivity contribution in [1.82, 2.24) is 9.62 Å². The van der Waals surface area contributed by atoms with Crippen molar-refractivity contribution in [2.75, 3.05) is 25.0 Å². The number of rotatable bonds is 7. The predicted molar refractivity (Wildman–Crippen MR) is 111 cm³/mol. The van der Waals surface area contributed by atoms with Gasteiger partial charge in [-0.15, -0.1) is 0 Å². The molecule has 1 heterocycles. The zero-order valence-electron chi connectivity index (χ0n) is 16.1. The first-order chi connectivity index (χ1) is 13.5. The monoisotopic (exact) mass is 401 g/mol. The van der Waals surface area contributed by atoms with Crippen LogP contribution in [0.25, 0.3) is 0 Å². The highest BCUT2D eigenvalue weighted by Crippen LogP contribution is 2.22. The van der Waals surface area contributed by atoms with E-state index in [0.29, 0.717) is 18.8 Å². The van der Waals surface area contributed by atoms with Gasteiger partial charge < -0.3 is 10.6 Å². The lowest BCUT2D eigenvalue weighted by Crippen LogP contribution is -2.35. The Kier molecular flexibility index (Phi) is 6.83. The number of hydrogen-bond acceptors (Lipinski definition) is 4. The third-order valence-corrected chi connectivity index (χ3v) is 6.87. The average Bonchev–Trinajstić information content (AvgIpc) is 2.73. The largest absolute Gasteiger partial charge is 0.325 e. The molecule has 150 valence electrons. The van der Waals surface area contributed by atoms with E-state index < -0.39 is 10.0 Å². The molecule has 2 aromatic carbocycles. The Morgan fingerprint density at radius 1 is 1.00 bits per heavy atom. The van der Waals surface area contributed by atoms with Crippen LogP contribution in [0.3, 0.4) is 0 Å². The van der Waals surface area contributed by atoms with Gasteiger partial charge in [0.05, 0.1) is 11.4 Å². The fourth-order valence-corrected chi connectivity index (χ4v) is 4.79. The van der Waals surface area contributed by atoms with Gasteiger partial charge in [-0.05, 0) is 49.6 Å². The van der Waals surface area contributed by atoms with Crippen LogP contribution in [0.2, 0.25) is 0 Å². The Hall–Kier alpha value is -2.22. The quantitative estimate of drug-likeness (QED) is 0.747. The molecule has 6 nitrogen and oxygen atoms in total. The van der Waals surface area contributed by atoms with Gasteiger partial charge >= 0.3 is 0 Å². The molecule has 0 bridgehead atoms. The van der Waals surface area contributed by atoms with Crippen molar-refractivity contribution in [2.45, 2.75) is 37.1 Å². The molecule has 2 aromatic rings. The van der Waals surface area contributed by atoms with Gasteiger partial charge in [0.15, 0.2) is 0 Å². The molecular weight excluding hydrogens is 374 g/mol. The fourth-order valence-electron chi connectivity index (χ4n) is 3.28. The van der Waals surface area contributed by atoms with Gasteiger partial charge in [-0.2, -0.15) is 4.31 Å². The number of carbonyl (C=O) groups is 1. The minimum absolute atomic E-state index is 0.0593. The molecule has 1 amide bonds. The molecule has 1 saturated heterocycles. The topological polar surface area (TPSA) is 78.5 Å². The normalized spacial score (nSPS) is 16.5. The van der Waals surface area contributed by atoms with E-state index in [-0.39, 0.29) is 23.4 Å². The van der Waals surface area contributed by atoms with E-state index in [9.17, 15) is 13.2 Å². The van der Waals surface area contributed by atoms with E-state index in [1.54, 1.807) is 28.6 Å². The summed E-state index contributed by atoms with van der Waals surface area (Å²) in [6.07, 6.45) is 2.89. The minimum atomic E-state index is -3.45. The molecule has 28 heavy (non-hydrogen) atoms. The van der Waals surface area contributed by atoms with E-state index in [4.69, 9.17) is 0 Å². The van der Waals surface area contributed by atoms with Crippen molar-refractivity contribution in [2.24, 2.45) is 0 Å². The summed E-state index contributed by atoms with van der Waals surface area (Å²) in [5.74, 6) is -0.172. The van der Waals surface area contributed by atoms with Crippen LogP contribution >= 0.6 is 0 Å². The van der Waals surface area contributed by atoms with Crippen molar-refractivity contribution < 1.29 is 13.2 Å². The summed E-state index contributed by atoms with van der Waals surface area (Å²) >= 11 is 0. The van der Waals surface area contributed by atoms with Gasteiger partial charge in [0.1, 0.15) is 0 Å². The molecule has 0 aliphatic carbocycles. The number of sulfonamides is 1. The summed E-state index contributed by atoms with van der Waals surface area (Å²) in [6.45, 7) is 3.32. The van der Waals surface area contributed by atoms with Gasteiger partial charge in [-0.25, -0.2) is 8.42 Å². The number of nitrogens with one attached hydrogen (secondary N) is 2. The molecule has 1 aliphatic heterocycles. The second-order valence-corrected chi connectivity index (χ2v) is 8.99. The van der Waals surface area contributed by atoms with E-state index in [1.165, 1.54) is 0 Å². The lowest BCUT2D eigenvalue weighted by atomic mass is 10.1. The number of carbonyl (C=O) groups excluding carboxylic acids is 1. The maximum Gasteiger partial charge on any atom is 0.243 e.